The molecule has 5 aliphatic rings. The highest BCUT2D eigenvalue weighted by Crippen LogP contribution is 2.40. The van der Waals surface area contributed by atoms with Crippen molar-refractivity contribution in [3.05, 3.63) is 64.8 Å². The first-order valence-electron chi connectivity index (χ1n) is 19.5. The predicted octanol–water partition coefficient (Wildman–Crippen LogP) is 5.45. The molecule has 0 N–H and O–H groups in total. The van der Waals surface area contributed by atoms with Crippen LogP contribution in [0.2, 0.25) is 5.02 Å². The number of carbonyl (C=O) groups is 1. The van der Waals surface area contributed by atoms with Crippen LogP contribution in [0.5, 0.6) is 6.01 Å². The second-order valence-electron chi connectivity index (χ2n) is 15.6. The summed E-state index contributed by atoms with van der Waals surface area (Å²) in [6.45, 7) is 12.5. The minimum atomic E-state index is -0.258. The SMILES string of the molecule is C[C@H]1CN(C/C=C/C(=O)N2CCN(c3nc(OCC45CCCN4CCC5)nc4c3CCN(c3cccc5cccc(Cl)c35)C4)C[C@@H]2CC#N)C[C@H](C)O1. The van der Waals surface area contributed by atoms with Crippen LogP contribution in [0.15, 0.2) is 48.6 Å². The van der Waals surface area contributed by atoms with Gasteiger partial charge in [0.2, 0.25) is 5.91 Å². The molecule has 1 amide bonds. The molecule has 0 spiro atoms. The van der Waals surface area contributed by atoms with Crippen molar-refractivity contribution in [2.45, 2.75) is 82.7 Å². The molecule has 2 aromatic carbocycles. The summed E-state index contributed by atoms with van der Waals surface area (Å²) < 4.78 is 12.5. The van der Waals surface area contributed by atoms with E-state index in [4.69, 9.17) is 31.0 Å². The van der Waals surface area contributed by atoms with Crippen LogP contribution < -0.4 is 14.5 Å². The van der Waals surface area contributed by atoms with Crippen LogP contribution in [0.1, 0.15) is 57.2 Å². The molecular weight excluding hydrogens is 688 g/mol. The molecule has 12 heteroatoms. The van der Waals surface area contributed by atoms with E-state index in [0.29, 0.717) is 45.3 Å². The fourth-order valence-electron chi connectivity index (χ4n) is 9.57. The van der Waals surface area contributed by atoms with Gasteiger partial charge in [0.1, 0.15) is 12.4 Å². The fourth-order valence-corrected chi connectivity index (χ4v) is 9.85. The highest BCUT2D eigenvalue weighted by molar-refractivity contribution is 6.36. The van der Waals surface area contributed by atoms with E-state index in [1.165, 1.54) is 12.8 Å². The Kier molecular flexibility index (Phi) is 10.5. The molecule has 8 rings (SSSR count). The second-order valence-corrected chi connectivity index (χ2v) is 16.0. The zero-order valence-electron chi connectivity index (χ0n) is 31.1. The summed E-state index contributed by atoms with van der Waals surface area (Å²) in [7, 11) is 0. The third-order valence-electron chi connectivity index (χ3n) is 12.0. The zero-order valence-corrected chi connectivity index (χ0v) is 31.8. The monoisotopic (exact) mass is 738 g/mol. The molecule has 3 atom stereocenters. The van der Waals surface area contributed by atoms with E-state index in [0.717, 1.165) is 90.5 Å². The quantitative estimate of drug-likeness (QED) is 0.264. The Labute approximate surface area is 318 Å². The van der Waals surface area contributed by atoms with Crippen LogP contribution in [0, 0.1) is 11.3 Å². The van der Waals surface area contributed by atoms with Gasteiger partial charge in [0.05, 0.1) is 53.5 Å². The summed E-state index contributed by atoms with van der Waals surface area (Å²) in [5.74, 6) is 0.822. The number of nitriles is 1. The van der Waals surface area contributed by atoms with E-state index in [-0.39, 0.29) is 36.1 Å². The first kappa shape index (κ1) is 36.0. The Morgan fingerprint density at radius 1 is 1.02 bits per heavy atom. The van der Waals surface area contributed by atoms with Gasteiger partial charge in [-0.15, -0.1) is 0 Å². The van der Waals surface area contributed by atoms with Gasteiger partial charge in [-0.25, -0.2) is 0 Å². The number of benzene rings is 2. The normalized spacial score (nSPS) is 24.8. The van der Waals surface area contributed by atoms with E-state index in [1.54, 1.807) is 6.08 Å². The predicted molar refractivity (Wildman–Crippen MR) is 208 cm³/mol. The molecule has 0 unspecified atom stereocenters. The van der Waals surface area contributed by atoms with Crippen LogP contribution >= 0.6 is 11.6 Å². The molecule has 6 heterocycles. The lowest BCUT2D eigenvalue weighted by Crippen LogP contribution is -2.55. The lowest BCUT2D eigenvalue weighted by atomic mass is 9.95. The first-order valence-corrected chi connectivity index (χ1v) is 19.8. The van der Waals surface area contributed by atoms with Crippen LogP contribution in [0.3, 0.4) is 0 Å². The third kappa shape index (κ3) is 7.44. The highest BCUT2D eigenvalue weighted by Gasteiger charge is 2.45. The van der Waals surface area contributed by atoms with Gasteiger partial charge in [-0.2, -0.15) is 15.2 Å². The molecule has 3 aromatic rings. The Hall–Kier alpha value is -3.95. The molecule has 11 nitrogen and oxygen atoms in total. The number of aromatic nitrogens is 2. The van der Waals surface area contributed by atoms with Crippen molar-refractivity contribution in [1.29, 1.82) is 5.26 Å². The number of hydrogen-bond acceptors (Lipinski definition) is 10. The van der Waals surface area contributed by atoms with Gasteiger partial charge in [-0.1, -0.05) is 41.9 Å². The van der Waals surface area contributed by atoms with E-state index in [9.17, 15) is 10.1 Å². The van der Waals surface area contributed by atoms with E-state index in [2.05, 4.69) is 63.8 Å². The molecular formula is C41H51ClN8O3. The number of amides is 1. The number of halogens is 1. The molecule has 5 aliphatic heterocycles. The summed E-state index contributed by atoms with van der Waals surface area (Å²) in [6, 6.07) is 14.9. The Balaban J connectivity index is 1.05. The Bertz CT molecular complexity index is 1870. The average Bonchev–Trinajstić information content (AvgIpc) is 3.74. The van der Waals surface area contributed by atoms with Crippen molar-refractivity contribution < 1.29 is 14.3 Å². The lowest BCUT2D eigenvalue weighted by molar-refractivity contribution is -0.128. The van der Waals surface area contributed by atoms with Crippen molar-refractivity contribution in [1.82, 2.24) is 24.7 Å². The maximum atomic E-state index is 13.6. The Morgan fingerprint density at radius 2 is 1.79 bits per heavy atom. The van der Waals surface area contributed by atoms with Gasteiger partial charge in [0.25, 0.3) is 0 Å². The number of anilines is 2. The van der Waals surface area contributed by atoms with Crippen LogP contribution in [-0.4, -0.2) is 120 Å². The maximum Gasteiger partial charge on any atom is 0.318 e. The molecule has 53 heavy (non-hydrogen) atoms. The largest absolute Gasteiger partial charge is 0.461 e. The van der Waals surface area contributed by atoms with E-state index in [1.807, 2.05) is 23.1 Å². The number of carbonyl (C=O) groups excluding carboxylic acids is 1. The minimum Gasteiger partial charge on any atom is -0.461 e. The number of hydrogen-bond donors (Lipinski definition) is 0. The molecule has 280 valence electrons. The molecule has 1 aromatic heterocycles. The van der Waals surface area contributed by atoms with E-state index < -0.39 is 0 Å². The van der Waals surface area contributed by atoms with Gasteiger partial charge in [0.15, 0.2) is 0 Å². The number of fused-ring (bicyclic) bond motifs is 3. The summed E-state index contributed by atoms with van der Waals surface area (Å²) in [6.07, 6.45) is 9.69. The summed E-state index contributed by atoms with van der Waals surface area (Å²) in [5.41, 5.74) is 3.24. The number of morpholine rings is 1. The van der Waals surface area contributed by atoms with Gasteiger partial charge in [-0.05, 0) is 76.6 Å². The highest BCUT2D eigenvalue weighted by atomic mass is 35.5. The first-order chi connectivity index (χ1) is 25.8. The second kappa shape index (κ2) is 15.4. The van der Waals surface area contributed by atoms with Crippen molar-refractivity contribution in [2.24, 2.45) is 0 Å². The number of nitrogens with zero attached hydrogens (tertiary/aromatic N) is 8. The molecule has 4 saturated heterocycles. The minimum absolute atomic E-state index is 0.0469. The maximum absolute atomic E-state index is 13.6. The van der Waals surface area contributed by atoms with Crippen molar-refractivity contribution in [3.8, 4) is 12.1 Å². The number of piperazine rings is 1. The van der Waals surface area contributed by atoms with E-state index >= 15 is 0 Å². The number of ether oxygens (including phenoxy) is 2. The summed E-state index contributed by atoms with van der Waals surface area (Å²) >= 11 is 6.78. The van der Waals surface area contributed by atoms with Crippen LogP contribution in [-0.2, 0) is 22.5 Å². The third-order valence-corrected chi connectivity index (χ3v) is 12.3. The van der Waals surface area contributed by atoms with Crippen LogP contribution in [0.25, 0.3) is 10.8 Å². The summed E-state index contributed by atoms with van der Waals surface area (Å²) in [5, 5.41) is 12.8. The number of rotatable bonds is 9. The summed E-state index contributed by atoms with van der Waals surface area (Å²) in [4.78, 5) is 35.2. The molecule has 0 bridgehead atoms. The lowest BCUT2D eigenvalue weighted by Gasteiger charge is -2.42. The average molecular weight is 739 g/mol. The topological polar surface area (TPSA) is 101 Å². The van der Waals surface area contributed by atoms with Gasteiger partial charge in [-0.3, -0.25) is 14.6 Å². The van der Waals surface area contributed by atoms with Crippen molar-refractivity contribution in [3.63, 3.8) is 0 Å². The fraction of sp³-hybridized carbons (Fsp3) is 0.561. The smallest absolute Gasteiger partial charge is 0.318 e. The van der Waals surface area contributed by atoms with Gasteiger partial charge < -0.3 is 24.2 Å². The molecule has 4 fully saturated rings. The Morgan fingerprint density at radius 3 is 2.57 bits per heavy atom. The standard InChI is InChI=1S/C41H51ClN8O3/c1-29-24-46(25-30(2)53-29)18-5-12-37(51)50-23-22-48(26-32(50)13-17-43)39-33-14-21-47(36-11-4-9-31-8-3-10-34(42)38(31)36)27-35(33)44-40(45-39)52-28-41-15-6-19-49(41)20-7-16-41/h3-5,8-12,29-30,32H,6-7,13-16,18-28H2,1-2H3/b12-5+/t29-,30-,32-/m0/s1. The molecule has 0 radical (unpaired) electrons. The molecule has 0 saturated carbocycles. The zero-order chi connectivity index (χ0) is 36.5. The van der Waals surface area contributed by atoms with Crippen LogP contribution in [0.4, 0.5) is 11.5 Å². The van der Waals surface area contributed by atoms with Crippen molar-refractivity contribution in [2.75, 3.05) is 75.3 Å². The molecule has 0 aliphatic carbocycles. The van der Waals surface area contributed by atoms with Crippen molar-refractivity contribution >= 4 is 39.8 Å². The van der Waals surface area contributed by atoms with Gasteiger partial charge in [0, 0.05) is 68.5 Å². The van der Waals surface area contributed by atoms with Gasteiger partial charge >= 0.3 is 6.01 Å².